The first-order valence-electron chi connectivity index (χ1n) is 2.73. The highest BCUT2D eigenvalue weighted by Gasteiger charge is 1.93. The lowest BCUT2D eigenvalue weighted by Gasteiger charge is -1.99. The van der Waals surface area contributed by atoms with Crippen molar-refractivity contribution >= 4 is 0 Å². The zero-order valence-corrected chi connectivity index (χ0v) is 5.57. The second-order valence-corrected chi connectivity index (χ2v) is 1.65. The first-order valence-corrected chi connectivity index (χ1v) is 2.73. The van der Waals surface area contributed by atoms with Crippen LogP contribution in [0.3, 0.4) is 0 Å². The molecule has 1 aromatic heterocycles. The summed E-state index contributed by atoms with van der Waals surface area (Å²) in [6.45, 7) is 0. The Labute approximate surface area is 58.5 Å². The Morgan fingerprint density at radius 3 is 3.00 bits per heavy atom. The summed E-state index contributed by atoms with van der Waals surface area (Å²) in [7, 11) is 1.53. The molecule has 0 aromatic carbocycles. The predicted molar refractivity (Wildman–Crippen MR) is 35.6 cm³/mol. The summed E-state index contributed by atoms with van der Waals surface area (Å²) in [5.41, 5.74) is 0. The van der Waals surface area contributed by atoms with Crippen LogP contribution >= 0.6 is 0 Å². The van der Waals surface area contributed by atoms with Gasteiger partial charge in [-0.1, -0.05) is 0 Å². The lowest BCUT2D eigenvalue weighted by Crippen LogP contribution is -2.01. The maximum absolute atomic E-state index is 4.89. The van der Waals surface area contributed by atoms with Crippen LogP contribution in [0.25, 0.3) is 0 Å². The van der Waals surface area contributed by atoms with Crippen LogP contribution in [-0.4, -0.2) is 12.1 Å². The van der Waals surface area contributed by atoms with Gasteiger partial charge in [-0.3, -0.25) is 0 Å². The summed E-state index contributed by atoms with van der Waals surface area (Å²) in [5.74, 6) is 5.91. The lowest BCUT2D eigenvalue weighted by molar-refractivity contribution is 0.328. The van der Waals surface area contributed by atoms with Gasteiger partial charge in [-0.15, -0.1) is 0 Å². The molecule has 0 amide bonds. The number of rotatable bonds is 2. The number of ether oxygens (including phenoxy) is 1. The molecule has 54 valence electrons. The highest BCUT2D eigenvalue weighted by molar-refractivity contribution is 5.25. The fraction of sp³-hybridized carbons (Fsp3) is 0.167. The van der Waals surface area contributed by atoms with Crippen LogP contribution in [0, 0.1) is 0 Å². The van der Waals surface area contributed by atoms with Crippen molar-refractivity contribution in [3.05, 3.63) is 18.3 Å². The van der Waals surface area contributed by atoms with Gasteiger partial charge in [0.15, 0.2) is 5.75 Å². The van der Waals surface area contributed by atoms with Gasteiger partial charge in [-0.05, 0) is 0 Å². The van der Waals surface area contributed by atoms with Crippen molar-refractivity contribution in [2.24, 2.45) is 5.90 Å². The van der Waals surface area contributed by atoms with E-state index in [-0.39, 0.29) is 0 Å². The number of pyridine rings is 1. The Bertz CT molecular complexity index is 195. The molecule has 0 spiro atoms. The lowest BCUT2D eigenvalue weighted by atomic mass is 10.4. The zero-order chi connectivity index (χ0) is 7.40. The quantitative estimate of drug-likeness (QED) is 0.602. The van der Waals surface area contributed by atoms with E-state index < -0.39 is 0 Å². The third-order valence-corrected chi connectivity index (χ3v) is 1.05. The van der Waals surface area contributed by atoms with E-state index in [4.69, 9.17) is 10.6 Å². The number of aromatic nitrogens is 1. The van der Waals surface area contributed by atoms with Gasteiger partial charge >= 0.3 is 0 Å². The molecule has 4 nitrogen and oxygen atoms in total. The average Bonchev–Trinajstić information content (AvgIpc) is 2.05. The van der Waals surface area contributed by atoms with E-state index in [1.54, 1.807) is 18.3 Å². The molecule has 4 heteroatoms. The summed E-state index contributed by atoms with van der Waals surface area (Å²) < 4.78 is 4.81. The van der Waals surface area contributed by atoms with Crippen molar-refractivity contribution in [1.29, 1.82) is 0 Å². The molecule has 0 saturated heterocycles. The Morgan fingerprint density at radius 1 is 1.60 bits per heavy atom. The van der Waals surface area contributed by atoms with E-state index in [1.807, 2.05) is 0 Å². The summed E-state index contributed by atoms with van der Waals surface area (Å²) in [6.07, 6.45) is 1.56. The van der Waals surface area contributed by atoms with Crippen molar-refractivity contribution in [3.8, 4) is 11.6 Å². The van der Waals surface area contributed by atoms with Crippen molar-refractivity contribution < 1.29 is 9.57 Å². The molecule has 0 fully saturated rings. The van der Waals surface area contributed by atoms with E-state index in [1.165, 1.54) is 7.11 Å². The molecule has 0 radical (unpaired) electrons. The molecule has 1 rings (SSSR count). The maximum Gasteiger partial charge on any atom is 0.216 e. The Hall–Kier alpha value is -1.29. The first kappa shape index (κ1) is 6.82. The normalized spacial score (nSPS) is 9.00. The average molecular weight is 140 g/mol. The molecule has 0 bridgehead atoms. The van der Waals surface area contributed by atoms with Gasteiger partial charge in [0.25, 0.3) is 0 Å². The number of nitrogens with zero attached hydrogens (tertiary/aromatic N) is 1. The smallest absolute Gasteiger partial charge is 0.216 e. The number of nitrogens with two attached hydrogens (primary N) is 1. The topological polar surface area (TPSA) is 57.4 Å². The van der Waals surface area contributed by atoms with Crippen molar-refractivity contribution in [2.75, 3.05) is 7.11 Å². The third-order valence-electron chi connectivity index (χ3n) is 1.05. The monoisotopic (exact) mass is 140 g/mol. The minimum absolute atomic E-state index is 0.489. The minimum atomic E-state index is 0.489. The van der Waals surface area contributed by atoms with Crippen LogP contribution < -0.4 is 15.5 Å². The van der Waals surface area contributed by atoms with Crippen LogP contribution in [0.5, 0.6) is 11.6 Å². The molecule has 1 aromatic rings. The largest absolute Gasteiger partial charge is 0.481 e. The maximum atomic E-state index is 4.89. The van der Waals surface area contributed by atoms with Gasteiger partial charge in [0, 0.05) is 18.3 Å². The molecule has 1 heterocycles. The molecular weight excluding hydrogens is 132 g/mol. The summed E-state index contributed by atoms with van der Waals surface area (Å²) in [5, 5.41) is 0. The van der Waals surface area contributed by atoms with E-state index in [9.17, 15) is 0 Å². The van der Waals surface area contributed by atoms with Crippen molar-refractivity contribution in [1.82, 2.24) is 4.98 Å². The predicted octanol–water partition coefficient (Wildman–Crippen LogP) is 0.343. The molecule has 2 N–H and O–H groups in total. The summed E-state index contributed by atoms with van der Waals surface area (Å²) in [6, 6.07) is 3.24. The van der Waals surface area contributed by atoms with Gasteiger partial charge < -0.3 is 9.57 Å². The second kappa shape index (κ2) is 3.03. The van der Waals surface area contributed by atoms with Gasteiger partial charge in [-0.2, -0.15) is 5.90 Å². The number of hydrogen-bond donors (Lipinski definition) is 1. The summed E-state index contributed by atoms with van der Waals surface area (Å²) in [4.78, 5) is 8.28. The van der Waals surface area contributed by atoms with Gasteiger partial charge in [0.05, 0.1) is 7.11 Å². The van der Waals surface area contributed by atoms with Gasteiger partial charge in [-0.25, -0.2) is 4.98 Å². The SMILES string of the molecule is COc1cc(ON)ccn1. The van der Waals surface area contributed by atoms with Crippen molar-refractivity contribution in [3.63, 3.8) is 0 Å². The second-order valence-electron chi connectivity index (χ2n) is 1.65. The van der Waals surface area contributed by atoms with Gasteiger partial charge in [0.1, 0.15) is 0 Å². The van der Waals surface area contributed by atoms with Gasteiger partial charge in [0.2, 0.25) is 5.88 Å². The molecule has 0 aliphatic heterocycles. The molecule has 0 saturated carbocycles. The highest BCUT2D eigenvalue weighted by Crippen LogP contribution is 2.13. The number of hydrogen-bond acceptors (Lipinski definition) is 4. The van der Waals surface area contributed by atoms with Crippen molar-refractivity contribution in [2.45, 2.75) is 0 Å². The van der Waals surface area contributed by atoms with Crippen LogP contribution in [0.1, 0.15) is 0 Å². The van der Waals surface area contributed by atoms with Crippen LogP contribution in [0.4, 0.5) is 0 Å². The molecule has 0 aliphatic rings. The Balaban J connectivity index is 2.87. The van der Waals surface area contributed by atoms with E-state index in [0.29, 0.717) is 11.6 Å². The standard InChI is InChI=1S/C6H8N2O2/c1-9-6-4-5(10-7)2-3-8-6/h2-4H,7H2,1H3. The summed E-state index contributed by atoms with van der Waals surface area (Å²) >= 11 is 0. The molecule has 0 aliphatic carbocycles. The molecule has 0 unspecified atom stereocenters. The van der Waals surface area contributed by atoms with Crippen LogP contribution in [0.2, 0.25) is 0 Å². The number of methoxy groups -OCH3 is 1. The fourth-order valence-electron chi connectivity index (χ4n) is 0.576. The third kappa shape index (κ3) is 1.35. The zero-order valence-electron chi connectivity index (χ0n) is 5.57. The fourth-order valence-corrected chi connectivity index (χ4v) is 0.576. The van der Waals surface area contributed by atoms with Crippen LogP contribution in [0.15, 0.2) is 18.3 Å². The first-order chi connectivity index (χ1) is 4.86. The van der Waals surface area contributed by atoms with E-state index in [2.05, 4.69) is 9.82 Å². The van der Waals surface area contributed by atoms with E-state index >= 15 is 0 Å². The molecule has 10 heavy (non-hydrogen) atoms. The molecular formula is C6H8N2O2. The Morgan fingerprint density at radius 2 is 2.40 bits per heavy atom. The minimum Gasteiger partial charge on any atom is -0.481 e. The highest BCUT2D eigenvalue weighted by atomic mass is 16.6. The Kier molecular flexibility index (Phi) is 2.07. The van der Waals surface area contributed by atoms with E-state index in [0.717, 1.165) is 0 Å². The molecule has 0 atom stereocenters. The van der Waals surface area contributed by atoms with Crippen LogP contribution in [-0.2, 0) is 0 Å².